The van der Waals surface area contributed by atoms with Crippen molar-refractivity contribution in [2.75, 3.05) is 12.4 Å². The third-order valence-corrected chi connectivity index (χ3v) is 3.52. The number of thiophene rings is 1. The second-order valence-corrected chi connectivity index (χ2v) is 4.99. The molecule has 0 aromatic carbocycles. The molecule has 104 valence electrons. The average molecular weight is 290 g/mol. The summed E-state index contributed by atoms with van der Waals surface area (Å²) in [7, 11) is 1.52. The minimum absolute atomic E-state index is 0.0111. The standard InChI is InChI=1S/C14H14N2O3S/c1-19-14-7-4-10(9-15-14)16-13(18)6-5-11(17)12-3-2-8-20-12/h2-4,7-9H,5-6H2,1H3,(H,16,18). The van der Waals surface area contributed by atoms with Crippen molar-refractivity contribution in [3.05, 3.63) is 40.7 Å². The number of carbonyl (C=O) groups is 2. The van der Waals surface area contributed by atoms with Gasteiger partial charge in [0.1, 0.15) is 0 Å². The van der Waals surface area contributed by atoms with Crippen molar-refractivity contribution in [1.29, 1.82) is 0 Å². The van der Waals surface area contributed by atoms with Crippen molar-refractivity contribution < 1.29 is 14.3 Å². The number of aromatic nitrogens is 1. The Hall–Kier alpha value is -2.21. The average Bonchev–Trinajstić information content (AvgIpc) is 3.00. The van der Waals surface area contributed by atoms with Gasteiger partial charge in [0.15, 0.2) is 5.78 Å². The molecule has 2 rings (SSSR count). The van der Waals surface area contributed by atoms with E-state index in [0.29, 0.717) is 16.4 Å². The topological polar surface area (TPSA) is 68.3 Å². The molecule has 1 amide bonds. The van der Waals surface area contributed by atoms with Crippen LogP contribution in [0, 0.1) is 0 Å². The molecule has 0 fully saturated rings. The summed E-state index contributed by atoms with van der Waals surface area (Å²) in [5.74, 6) is 0.265. The van der Waals surface area contributed by atoms with E-state index in [2.05, 4.69) is 10.3 Å². The number of pyridine rings is 1. The van der Waals surface area contributed by atoms with Crippen molar-refractivity contribution >= 4 is 28.7 Å². The number of Topliss-reactive ketones (excluding diaryl/α,β-unsaturated/α-hetero) is 1. The molecule has 2 aromatic heterocycles. The van der Waals surface area contributed by atoms with Crippen LogP contribution in [0.4, 0.5) is 5.69 Å². The highest BCUT2D eigenvalue weighted by Gasteiger charge is 2.10. The Kier molecular flexibility index (Phi) is 4.84. The zero-order chi connectivity index (χ0) is 14.4. The van der Waals surface area contributed by atoms with E-state index >= 15 is 0 Å². The molecule has 1 N–H and O–H groups in total. The lowest BCUT2D eigenvalue weighted by Crippen LogP contribution is -2.13. The van der Waals surface area contributed by atoms with Crippen molar-refractivity contribution in [3.63, 3.8) is 0 Å². The predicted molar refractivity (Wildman–Crippen MR) is 77.3 cm³/mol. The molecule has 0 unspecified atom stereocenters. The minimum atomic E-state index is -0.207. The van der Waals surface area contributed by atoms with E-state index in [0.717, 1.165) is 0 Å². The van der Waals surface area contributed by atoms with Gasteiger partial charge in [-0.1, -0.05) is 6.07 Å². The number of ketones is 1. The van der Waals surface area contributed by atoms with Crippen LogP contribution in [0.3, 0.4) is 0 Å². The maximum absolute atomic E-state index is 11.7. The number of hydrogen-bond donors (Lipinski definition) is 1. The molecular weight excluding hydrogens is 276 g/mol. The highest BCUT2D eigenvalue weighted by Crippen LogP contribution is 2.14. The van der Waals surface area contributed by atoms with Crippen LogP contribution in [-0.4, -0.2) is 23.8 Å². The predicted octanol–water partition coefficient (Wildman–Crippen LogP) is 2.75. The number of amides is 1. The fourth-order valence-electron chi connectivity index (χ4n) is 1.59. The Morgan fingerprint density at radius 3 is 2.75 bits per heavy atom. The van der Waals surface area contributed by atoms with Crippen LogP contribution in [0.2, 0.25) is 0 Å². The molecule has 0 aliphatic carbocycles. The smallest absolute Gasteiger partial charge is 0.224 e. The summed E-state index contributed by atoms with van der Waals surface area (Å²) < 4.78 is 4.93. The van der Waals surface area contributed by atoms with Crippen LogP contribution in [0.25, 0.3) is 0 Å². The monoisotopic (exact) mass is 290 g/mol. The van der Waals surface area contributed by atoms with Gasteiger partial charge in [0.05, 0.1) is 23.9 Å². The maximum Gasteiger partial charge on any atom is 0.224 e. The largest absolute Gasteiger partial charge is 0.481 e. The lowest BCUT2D eigenvalue weighted by Gasteiger charge is -2.05. The van der Waals surface area contributed by atoms with Crippen molar-refractivity contribution in [1.82, 2.24) is 4.98 Å². The van der Waals surface area contributed by atoms with Crippen LogP contribution >= 0.6 is 11.3 Å². The molecule has 0 saturated heterocycles. The van der Waals surface area contributed by atoms with Crippen LogP contribution in [0.5, 0.6) is 5.88 Å². The quantitative estimate of drug-likeness (QED) is 0.831. The van der Waals surface area contributed by atoms with Gasteiger partial charge in [-0.2, -0.15) is 0 Å². The summed E-state index contributed by atoms with van der Waals surface area (Å²) >= 11 is 1.39. The van der Waals surface area contributed by atoms with E-state index in [4.69, 9.17) is 4.74 Å². The third kappa shape index (κ3) is 3.89. The van der Waals surface area contributed by atoms with Crippen LogP contribution in [0.15, 0.2) is 35.8 Å². The highest BCUT2D eigenvalue weighted by atomic mass is 32.1. The number of ether oxygens (including phenoxy) is 1. The lowest BCUT2D eigenvalue weighted by molar-refractivity contribution is -0.116. The van der Waals surface area contributed by atoms with E-state index < -0.39 is 0 Å². The first-order valence-corrected chi connectivity index (χ1v) is 6.93. The number of hydrogen-bond acceptors (Lipinski definition) is 5. The first kappa shape index (κ1) is 14.2. The molecule has 6 heteroatoms. The molecule has 0 aliphatic rings. The van der Waals surface area contributed by atoms with Gasteiger partial charge in [-0.15, -0.1) is 11.3 Å². The molecule has 0 radical (unpaired) electrons. The summed E-state index contributed by atoms with van der Waals surface area (Å²) in [4.78, 5) is 28.1. The third-order valence-electron chi connectivity index (χ3n) is 2.60. The number of anilines is 1. The first-order chi connectivity index (χ1) is 9.69. The van der Waals surface area contributed by atoms with Gasteiger partial charge in [-0.05, 0) is 17.5 Å². The number of methoxy groups -OCH3 is 1. The molecule has 0 bridgehead atoms. The summed E-state index contributed by atoms with van der Waals surface area (Å²) in [5, 5.41) is 4.53. The van der Waals surface area contributed by atoms with Gasteiger partial charge < -0.3 is 10.1 Å². The maximum atomic E-state index is 11.7. The molecule has 2 heterocycles. The second-order valence-electron chi connectivity index (χ2n) is 4.04. The Labute approximate surface area is 120 Å². The molecule has 5 nitrogen and oxygen atoms in total. The lowest BCUT2D eigenvalue weighted by atomic mass is 10.2. The Morgan fingerprint density at radius 2 is 2.15 bits per heavy atom. The zero-order valence-corrected chi connectivity index (χ0v) is 11.8. The van der Waals surface area contributed by atoms with E-state index in [1.807, 2.05) is 11.4 Å². The minimum Gasteiger partial charge on any atom is -0.481 e. The van der Waals surface area contributed by atoms with Gasteiger partial charge in [0.25, 0.3) is 0 Å². The number of rotatable bonds is 6. The van der Waals surface area contributed by atoms with E-state index in [1.165, 1.54) is 24.6 Å². The number of nitrogens with zero attached hydrogens (tertiary/aromatic N) is 1. The second kappa shape index (κ2) is 6.81. The van der Waals surface area contributed by atoms with Gasteiger partial charge in [0, 0.05) is 18.9 Å². The molecule has 0 atom stereocenters. The fraction of sp³-hybridized carbons (Fsp3) is 0.214. The highest BCUT2D eigenvalue weighted by molar-refractivity contribution is 7.12. The van der Waals surface area contributed by atoms with E-state index in [-0.39, 0.29) is 24.5 Å². The van der Waals surface area contributed by atoms with Crippen molar-refractivity contribution in [3.8, 4) is 5.88 Å². The van der Waals surface area contributed by atoms with Crippen molar-refractivity contribution in [2.45, 2.75) is 12.8 Å². The number of nitrogens with one attached hydrogen (secondary N) is 1. The molecule has 0 spiro atoms. The summed E-state index contributed by atoms with van der Waals surface area (Å²) in [6.45, 7) is 0. The Morgan fingerprint density at radius 1 is 1.30 bits per heavy atom. The van der Waals surface area contributed by atoms with Gasteiger partial charge in [-0.25, -0.2) is 4.98 Å². The Bertz CT molecular complexity index is 579. The normalized spacial score (nSPS) is 10.1. The molecule has 0 aliphatic heterocycles. The van der Waals surface area contributed by atoms with Gasteiger partial charge in [-0.3, -0.25) is 9.59 Å². The van der Waals surface area contributed by atoms with Crippen LogP contribution < -0.4 is 10.1 Å². The first-order valence-electron chi connectivity index (χ1n) is 6.05. The van der Waals surface area contributed by atoms with Gasteiger partial charge in [0.2, 0.25) is 11.8 Å². The van der Waals surface area contributed by atoms with Crippen LogP contribution in [-0.2, 0) is 4.79 Å². The number of carbonyl (C=O) groups excluding carboxylic acids is 2. The summed E-state index contributed by atoms with van der Waals surface area (Å²) in [6.07, 6.45) is 1.87. The van der Waals surface area contributed by atoms with E-state index in [1.54, 1.807) is 18.2 Å². The molecular formula is C14H14N2O3S. The molecule has 20 heavy (non-hydrogen) atoms. The van der Waals surface area contributed by atoms with E-state index in [9.17, 15) is 9.59 Å². The molecule has 0 saturated carbocycles. The summed E-state index contributed by atoms with van der Waals surface area (Å²) in [6, 6.07) is 6.94. The summed E-state index contributed by atoms with van der Waals surface area (Å²) in [5.41, 5.74) is 0.583. The van der Waals surface area contributed by atoms with Crippen LogP contribution in [0.1, 0.15) is 22.5 Å². The van der Waals surface area contributed by atoms with Gasteiger partial charge >= 0.3 is 0 Å². The fourth-order valence-corrected chi connectivity index (χ4v) is 2.28. The molecule has 2 aromatic rings. The zero-order valence-electron chi connectivity index (χ0n) is 11.0. The SMILES string of the molecule is COc1ccc(NC(=O)CCC(=O)c2cccs2)cn1. The van der Waals surface area contributed by atoms with Crippen molar-refractivity contribution in [2.24, 2.45) is 0 Å². The Balaban J connectivity index is 1.81.